The second kappa shape index (κ2) is 18.1. The van der Waals surface area contributed by atoms with Crippen molar-refractivity contribution in [3.63, 3.8) is 0 Å². The second-order valence-electron chi connectivity index (χ2n) is 21.4. The summed E-state index contributed by atoms with van der Waals surface area (Å²) in [5.74, 6) is 3.33. The van der Waals surface area contributed by atoms with Crippen LogP contribution in [0.4, 0.5) is 0 Å². The first-order valence-corrected chi connectivity index (χ1v) is 30.7. The van der Waals surface area contributed by atoms with E-state index in [1.807, 2.05) is 60.7 Å². The van der Waals surface area contributed by atoms with Gasteiger partial charge in [-0.3, -0.25) is 4.90 Å². The highest BCUT2D eigenvalue weighted by Crippen LogP contribution is 2.48. The van der Waals surface area contributed by atoms with Crippen LogP contribution in [0.2, 0.25) is 54.4 Å². The van der Waals surface area contributed by atoms with E-state index in [9.17, 15) is 10.2 Å². The average Bonchev–Trinajstić information content (AvgIpc) is 3.12. The maximum atomic E-state index is 12.7. The molecule has 3 aromatic carbocycles. The number of allylic oxidation sites excluding steroid dienone is 2. The van der Waals surface area contributed by atoms with Gasteiger partial charge in [0.1, 0.15) is 53.8 Å². The van der Waals surface area contributed by atoms with Gasteiger partial charge in [-0.25, -0.2) is 0 Å². The number of fused-ring (bicyclic) bond motifs is 1. The van der Waals surface area contributed by atoms with Crippen molar-refractivity contribution in [2.24, 2.45) is 0 Å². The van der Waals surface area contributed by atoms with Crippen LogP contribution in [0.1, 0.15) is 104 Å². The molecule has 1 fully saturated rings. The first-order chi connectivity index (χ1) is 27.7. The Hall–Kier alpha value is -3.49. The van der Waals surface area contributed by atoms with Crippen LogP contribution in [-0.4, -0.2) is 72.9 Å². The lowest BCUT2D eigenvalue weighted by Crippen LogP contribution is -2.43. The number of aliphatic hydroxyl groups excluding tert-OH is 1. The number of benzene rings is 3. The van der Waals surface area contributed by atoms with Crippen molar-refractivity contribution >= 4 is 36.1 Å². The minimum atomic E-state index is -2.37. The fraction of sp³-hybridized carbons (Fsp3) is 0.551. The molecule has 0 bridgehead atoms. The largest absolute Gasteiger partial charge is 0.544 e. The fourth-order valence-corrected chi connectivity index (χ4v) is 9.75. The Kier molecular flexibility index (Phi) is 14.3. The lowest BCUT2D eigenvalue weighted by atomic mass is 9.86. The van der Waals surface area contributed by atoms with Crippen molar-refractivity contribution in [3.8, 4) is 28.7 Å². The Balaban J connectivity index is 1.68. The van der Waals surface area contributed by atoms with Gasteiger partial charge in [0.2, 0.25) is 25.0 Å². The van der Waals surface area contributed by atoms with Crippen LogP contribution in [0.25, 0.3) is 11.1 Å². The number of nitrogens with zero attached hydrogens (tertiary/aromatic N) is 1. The van der Waals surface area contributed by atoms with Crippen molar-refractivity contribution in [1.29, 1.82) is 0 Å². The third-order valence-electron chi connectivity index (χ3n) is 13.6. The van der Waals surface area contributed by atoms with E-state index in [2.05, 4.69) is 106 Å². The molecule has 5 rings (SSSR count). The minimum absolute atomic E-state index is 0.0130. The molecule has 1 atom stereocenters. The highest BCUT2D eigenvalue weighted by atomic mass is 28.4. The standard InChI is InChI=1S/C49H75NO7Si3/c1-47(2,3)58(10,11)55-37-23-25-40(43(51)32-37)42-31-39(57-60(14,15)49(7,8)9)34-54-44-33-38(56-59(12,13)48(4,5)6)24-26-41(44)45(42)46(52)35-19-21-36(22-20-35)53-30-29-50-27-17-16-18-28-50/h19-26,31-33,46,51-52H,16-18,27-30,34H2,1-15H3. The first-order valence-electron chi connectivity index (χ1n) is 21.9. The molecule has 11 heteroatoms. The van der Waals surface area contributed by atoms with Gasteiger partial charge in [-0.15, -0.1) is 0 Å². The molecule has 2 aliphatic heterocycles. The summed E-state index contributed by atoms with van der Waals surface area (Å²) in [4.78, 5) is 2.46. The zero-order valence-corrected chi connectivity index (χ0v) is 42.5. The van der Waals surface area contributed by atoms with Crippen LogP contribution in [0.15, 0.2) is 72.5 Å². The Bertz CT molecular complexity index is 2010. The van der Waals surface area contributed by atoms with E-state index in [1.54, 1.807) is 6.07 Å². The summed E-state index contributed by atoms with van der Waals surface area (Å²) in [6.07, 6.45) is 4.63. The number of hydrogen-bond donors (Lipinski definition) is 2. The summed E-state index contributed by atoms with van der Waals surface area (Å²) < 4.78 is 33.4. The molecule has 60 heavy (non-hydrogen) atoms. The minimum Gasteiger partial charge on any atom is -0.544 e. The van der Waals surface area contributed by atoms with Crippen LogP contribution < -0.4 is 18.3 Å². The lowest BCUT2D eigenvalue weighted by molar-refractivity contribution is 0.183. The molecule has 1 unspecified atom stereocenters. The molecule has 0 amide bonds. The summed E-state index contributed by atoms with van der Waals surface area (Å²) in [5, 5.41) is 24.6. The van der Waals surface area contributed by atoms with E-state index < -0.39 is 31.1 Å². The van der Waals surface area contributed by atoms with Crippen molar-refractivity contribution in [3.05, 3.63) is 89.2 Å². The molecule has 0 aromatic heterocycles. The fourth-order valence-electron chi connectivity index (χ4n) is 6.63. The van der Waals surface area contributed by atoms with Gasteiger partial charge in [-0.1, -0.05) is 80.9 Å². The van der Waals surface area contributed by atoms with Crippen molar-refractivity contribution in [1.82, 2.24) is 4.90 Å². The Labute approximate surface area is 365 Å². The van der Waals surface area contributed by atoms with Gasteiger partial charge in [0.05, 0.1) is 0 Å². The van der Waals surface area contributed by atoms with Gasteiger partial charge in [0.25, 0.3) is 0 Å². The molecular formula is C49H75NO7Si3. The summed E-state index contributed by atoms with van der Waals surface area (Å²) in [7, 11) is -6.79. The van der Waals surface area contributed by atoms with E-state index in [4.69, 9.17) is 22.8 Å². The number of phenols is 1. The van der Waals surface area contributed by atoms with E-state index >= 15 is 0 Å². The highest BCUT2D eigenvalue weighted by molar-refractivity contribution is 6.75. The number of piperidine rings is 1. The monoisotopic (exact) mass is 873 g/mol. The molecule has 2 N–H and O–H groups in total. The smallest absolute Gasteiger partial charge is 0.250 e. The van der Waals surface area contributed by atoms with Gasteiger partial charge in [0, 0.05) is 35.4 Å². The lowest BCUT2D eigenvalue weighted by Gasteiger charge is -2.38. The highest BCUT2D eigenvalue weighted by Gasteiger charge is 2.42. The van der Waals surface area contributed by atoms with E-state index in [-0.39, 0.29) is 27.5 Å². The third kappa shape index (κ3) is 11.3. The topological polar surface area (TPSA) is 89.9 Å². The molecule has 0 aliphatic carbocycles. The summed E-state index contributed by atoms with van der Waals surface area (Å²) >= 11 is 0. The molecule has 0 radical (unpaired) electrons. The molecule has 2 heterocycles. The van der Waals surface area contributed by atoms with Crippen LogP contribution in [0, 0.1) is 0 Å². The normalized spacial score (nSPS) is 16.8. The van der Waals surface area contributed by atoms with E-state index in [1.165, 1.54) is 19.3 Å². The van der Waals surface area contributed by atoms with Gasteiger partial charge >= 0.3 is 0 Å². The molecule has 1 saturated heterocycles. The van der Waals surface area contributed by atoms with Crippen LogP contribution in [0.3, 0.4) is 0 Å². The number of phenolic OH excluding ortho intramolecular Hbond substituents is 1. The zero-order chi connectivity index (χ0) is 44.5. The van der Waals surface area contributed by atoms with Crippen molar-refractivity contribution in [2.75, 3.05) is 32.8 Å². The molecular weight excluding hydrogens is 799 g/mol. The quantitative estimate of drug-likeness (QED) is 0.164. The SMILES string of the molecule is CC(C)(C)[Si](C)(C)OC1=CC(c2ccc(O[Si](C)(C)C(C)(C)C)cc2O)=C(C(O)c2ccc(OCCN3CCCCC3)cc2)c2ccc(O[Si](C)(C)C(C)(C)C)cc2OC1. The average molecular weight is 874 g/mol. The predicted octanol–water partition coefficient (Wildman–Crippen LogP) is 13.0. The third-order valence-corrected chi connectivity index (χ3v) is 26.7. The molecule has 8 nitrogen and oxygen atoms in total. The van der Waals surface area contributed by atoms with Gasteiger partial charge in [0.15, 0.2) is 0 Å². The molecule has 0 saturated carbocycles. The van der Waals surface area contributed by atoms with E-state index in [0.717, 1.165) is 25.4 Å². The van der Waals surface area contributed by atoms with Crippen molar-refractivity contribution in [2.45, 2.75) is 142 Å². The van der Waals surface area contributed by atoms with Crippen molar-refractivity contribution < 1.29 is 33.0 Å². The number of aromatic hydroxyl groups is 1. The number of ether oxygens (including phenoxy) is 2. The molecule has 330 valence electrons. The zero-order valence-electron chi connectivity index (χ0n) is 39.5. The van der Waals surface area contributed by atoms with Crippen LogP contribution >= 0.6 is 0 Å². The van der Waals surface area contributed by atoms with Gasteiger partial charge in [-0.2, -0.15) is 0 Å². The summed E-state index contributed by atoms with van der Waals surface area (Å²) in [6.45, 7) is 37.1. The van der Waals surface area contributed by atoms with Crippen LogP contribution in [0.5, 0.6) is 28.7 Å². The Morgan fingerprint density at radius 1 is 0.650 bits per heavy atom. The number of aliphatic hydroxyl groups is 1. The molecule has 3 aromatic rings. The van der Waals surface area contributed by atoms with Gasteiger partial charge < -0.3 is 33.0 Å². The Morgan fingerprint density at radius 2 is 1.15 bits per heavy atom. The molecule has 0 spiro atoms. The first kappa shape index (κ1) is 47.6. The maximum absolute atomic E-state index is 12.7. The number of rotatable bonds is 13. The summed E-state index contributed by atoms with van der Waals surface area (Å²) in [5.41, 5.74) is 3.14. The Morgan fingerprint density at radius 3 is 1.68 bits per heavy atom. The van der Waals surface area contributed by atoms with Gasteiger partial charge in [-0.05, 0) is 134 Å². The summed E-state index contributed by atoms with van der Waals surface area (Å²) in [6, 6.07) is 19.1. The number of likely N-dealkylation sites (tertiary alicyclic amines) is 1. The van der Waals surface area contributed by atoms with Crippen LogP contribution in [-0.2, 0) is 4.43 Å². The molecule has 2 aliphatic rings. The predicted molar refractivity (Wildman–Crippen MR) is 256 cm³/mol. The number of hydrogen-bond acceptors (Lipinski definition) is 8. The maximum Gasteiger partial charge on any atom is 0.250 e. The second-order valence-corrected chi connectivity index (χ2v) is 35.5. The van der Waals surface area contributed by atoms with E-state index in [0.29, 0.717) is 57.5 Å².